The normalized spacial score (nSPS) is 11.1. The molecule has 0 radical (unpaired) electrons. The molecule has 5 aromatic rings. The number of thioether (sulfide) groups is 1. The fourth-order valence-electron chi connectivity index (χ4n) is 4.23. The lowest BCUT2D eigenvalue weighted by molar-refractivity contribution is -0.114. The number of thiazole rings is 1. The Labute approximate surface area is 268 Å². The molecule has 0 atom stereocenters. The van der Waals surface area contributed by atoms with E-state index in [0.717, 1.165) is 21.0 Å². The zero-order valence-corrected chi connectivity index (χ0v) is 26.1. The van der Waals surface area contributed by atoms with Gasteiger partial charge in [0.05, 0.1) is 11.4 Å². The molecule has 1 heterocycles. The average Bonchev–Trinajstić information content (AvgIpc) is 3.41. The van der Waals surface area contributed by atoms with E-state index in [1.54, 1.807) is 54.6 Å². The molecule has 4 aromatic carbocycles. The summed E-state index contributed by atoms with van der Waals surface area (Å²) in [5, 5.41) is 8.88. The van der Waals surface area contributed by atoms with Gasteiger partial charge in [-0.3, -0.25) is 14.4 Å². The Hall–Kier alpha value is -5.06. The first-order valence-electron chi connectivity index (χ1n) is 14.0. The van der Waals surface area contributed by atoms with Crippen molar-refractivity contribution in [3.8, 4) is 11.3 Å². The minimum absolute atomic E-state index is 0.00598. The summed E-state index contributed by atoms with van der Waals surface area (Å²) >= 11 is 2.79. The summed E-state index contributed by atoms with van der Waals surface area (Å²) in [6, 6.07) is 29.2. The van der Waals surface area contributed by atoms with E-state index in [2.05, 4.69) is 20.9 Å². The lowest BCUT2D eigenvalue weighted by Gasteiger charge is -2.12. The number of anilines is 2. The van der Waals surface area contributed by atoms with Crippen LogP contribution < -0.4 is 16.0 Å². The number of halogens is 1. The Balaban J connectivity index is 1.19. The third-order valence-electron chi connectivity index (χ3n) is 6.56. The second-order valence-corrected chi connectivity index (χ2v) is 12.3. The number of carbonyl (C=O) groups excluding carboxylic acids is 3. The van der Waals surface area contributed by atoms with Crippen LogP contribution in [-0.2, 0) is 9.59 Å². The van der Waals surface area contributed by atoms with E-state index in [9.17, 15) is 18.8 Å². The predicted molar refractivity (Wildman–Crippen MR) is 180 cm³/mol. The maximum Gasteiger partial charge on any atom is 0.272 e. The van der Waals surface area contributed by atoms with Crippen molar-refractivity contribution < 1.29 is 18.8 Å². The minimum atomic E-state index is -0.549. The molecule has 45 heavy (non-hydrogen) atoms. The van der Waals surface area contributed by atoms with Gasteiger partial charge in [-0.15, -0.1) is 23.1 Å². The van der Waals surface area contributed by atoms with Crippen molar-refractivity contribution in [1.82, 2.24) is 10.3 Å². The molecule has 5 rings (SSSR count). The van der Waals surface area contributed by atoms with Crippen LogP contribution in [0.15, 0.2) is 114 Å². The summed E-state index contributed by atoms with van der Waals surface area (Å²) in [5.74, 6) is -1.41. The molecule has 0 unspecified atom stereocenters. The number of rotatable bonds is 10. The summed E-state index contributed by atoms with van der Waals surface area (Å²) in [6.45, 7) is 4.02. The Morgan fingerprint density at radius 3 is 2.22 bits per heavy atom. The quantitative estimate of drug-likeness (QED) is 0.108. The van der Waals surface area contributed by atoms with E-state index in [0.29, 0.717) is 21.9 Å². The summed E-state index contributed by atoms with van der Waals surface area (Å²) < 4.78 is 13.4. The van der Waals surface area contributed by atoms with Gasteiger partial charge in [0, 0.05) is 26.6 Å². The molecular formula is C35H29FN4O3S2. The molecular weight excluding hydrogens is 608 g/mol. The molecule has 0 saturated heterocycles. The van der Waals surface area contributed by atoms with Crippen molar-refractivity contribution in [2.45, 2.75) is 18.7 Å². The summed E-state index contributed by atoms with van der Waals surface area (Å²) in [5.41, 5.74) is 4.45. The first-order chi connectivity index (χ1) is 21.7. The second-order valence-electron chi connectivity index (χ2n) is 10.0. The highest BCUT2D eigenvalue weighted by atomic mass is 32.2. The van der Waals surface area contributed by atoms with Crippen LogP contribution in [0.4, 0.5) is 15.2 Å². The number of hydrogen-bond acceptors (Lipinski definition) is 6. The molecule has 1 aromatic heterocycles. The standard InChI is InChI=1S/C35H29FN4O3S2/c1-22-8-12-25(13-9-22)32-23(2)45-35(40-32)39-31(41)21-44-29-18-16-28(17-19-29)37-34(43)30(20-24-10-14-27(36)15-11-24)38-33(42)26-6-4-3-5-7-26/h3-20H,21H2,1-2H3,(H,37,43)(H,38,42)(H,39,40,41)/b30-20-. The van der Waals surface area contributed by atoms with Gasteiger partial charge in [-0.05, 0) is 74.0 Å². The van der Waals surface area contributed by atoms with E-state index in [1.807, 2.05) is 38.1 Å². The fraction of sp³-hybridized carbons (Fsp3) is 0.0857. The first-order valence-corrected chi connectivity index (χ1v) is 15.8. The maximum absolute atomic E-state index is 13.4. The molecule has 0 bridgehead atoms. The number of nitrogens with one attached hydrogen (secondary N) is 3. The lowest BCUT2D eigenvalue weighted by Crippen LogP contribution is -2.30. The largest absolute Gasteiger partial charge is 0.321 e. The highest BCUT2D eigenvalue weighted by Crippen LogP contribution is 2.31. The Bertz CT molecular complexity index is 1840. The van der Waals surface area contributed by atoms with Crippen LogP contribution in [0.1, 0.15) is 26.4 Å². The van der Waals surface area contributed by atoms with Crippen LogP contribution >= 0.6 is 23.1 Å². The van der Waals surface area contributed by atoms with Gasteiger partial charge in [0.15, 0.2) is 5.13 Å². The van der Waals surface area contributed by atoms with Gasteiger partial charge >= 0.3 is 0 Å². The molecule has 3 amide bonds. The number of hydrogen-bond donors (Lipinski definition) is 3. The van der Waals surface area contributed by atoms with Crippen molar-refractivity contribution in [3.63, 3.8) is 0 Å². The average molecular weight is 637 g/mol. The number of carbonyl (C=O) groups is 3. The summed E-state index contributed by atoms with van der Waals surface area (Å²) in [4.78, 5) is 45.1. The van der Waals surface area contributed by atoms with E-state index >= 15 is 0 Å². The number of amides is 3. The minimum Gasteiger partial charge on any atom is -0.321 e. The van der Waals surface area contributed by atoms with Crippen LogP contribution in [0.25, 0.3) is 17.3 Å². The van der Waals surface area contributed by atoms with Gasteiger partial charge < -0.3 is 16.0 Å². The van der Waals surface area contributed by atoms with Gasteiger partial charge in [0.25, 0.3) is 11.8 Å². The number of aromatic nitrogens is 1. The zero-order valence-electron chi connectivity index (χ0n) is 24.5. The predicted octanol–water partition coefficient (Wildman–Crippen LogP) is 7.71. The monoisotopic (exact) mass is 636 g/mol. The summed E-state index contributed by atoms with van der Waals surface area (Å²) in [7, 11) is 0. The van der Waals surface area contributed by atoms with Gasteiger partial charge in [-0.2, -0.15) is 0 Å². The molecule has 0 aliphatic carbocycles. The van der Waals surface area contributed by atoms with Crippen LogP contribution in [0.2, 0.25) is 0 Å². The van der Waals surface area contributed by atoms with Crippen LogP contribution in [-0.4, -0.2) is 28.5 Å². The third-order valence-corrected chi connectivity index (χ3v) is 8.46. The van der Waals surface area contributed by atoms with Crippen molar-refractivity contribution >= 4 is 57.7 Å². The molecule has 0 fully saturated rings. The molecule has 0 aliphatic rings. The van der Waals surface area contributed by atoms with Gasteiger partial charge in [0.1, 0.15) is 11.5 Å². The third kappa shape index (κ3) is 8.75. The topological polar surface area (TPSA) is 100 Å². The van der Waals surface area contributed by atoms with E-state index in [1.165, 1.54) is 59.0 Å². The highest BCUT2D eigenvalue weighted by molar-refractivity contribution is 8.00. The lowest BCUT2D eigenvalue weighted by atomic mass is 10.1. The number of benzene rings is 4. The van der Waals surface area contributed by atoms with Crippen molar-refractivity contribution in [2.75, 3.05) is 16.4 Å². The van der Waals surface area contributed by atoms with Crippen molar-refractivity contribution in [3.05, 3.63) is 136 Å². The second kappa shape index (κ2) is 14.6. The van der Waals surface area contributed by atoms with E-state index in [4.69, 9.17) is 0 Å². The van der Waals surface area contributed by atoms with E-state index < -0.39 is 17.6 Å². The van der Waals surface area contributed by atoms with Crippen molar-refractivity contribution in [2.24, 2.45) is 0 Å². The smallest absolute Gasteiger partial charge is 0.272 e. The molecule has 0 saturated carbocycles. The zero-order chi connectivity index (χ0) is 31.8. The number of nitrogens with zero attached hydrogens (tertiary/aromatic N) is 1. The van der Waals surface area contributed by atoms with Gasteiger partial charge in [0.2, 0.25) is 5.91 Å². The Kier molecular flexibility index (Phi) is 10.2. The molecule has 7 nitrogen and oxygen atoms in total. The molecule has 226 valence electrons. The molecule has 10 heteroatoms. The summed E-state index contributed by atoms with van der Waals surface area (Å²) in [6.07, 6.45) is 1.48. The molecule has 3 N–H and O–H groups in total. The van der Waals surface area contributed by atoms with Crippen LogP contribution in [0.3, 0.4) is 0 Å². The first kappa shape index (κ1) is 31.4. The Morgan fingerprint density at radius 2 is 1.53 bits per heavy atom. The van der Waals surface area contributed by atoms with E-state index in [-0.39, 0.29) is 17.4 Å². The van der Waals surface area contributed by atoms with Crippen molar-refractivity contribution in [1.29, 1.82) is 0 Å². The van der Waals surface area contributed by atoms with Gasteiger partial charge in [-0.25, -0.2) is 9.37 Å². The highest BCUT2D eigenvalue weighted by Gasteiger charge is 2.16. The maximum atomic E-state index is 13.4. The SMILES string of the molecule is Cc1ccc(-c2nc(NC(=O)CSc3ccc(NC(=O)/C(=C/c4ccc(F)cc4)NC(=O)c4ccccc4)cc3)sc2C)cc1. The number of aryl methyl sites for hydroxylation is 2. The van der Waals surface area contributed by atoms with Crippen LogP contribution in [0.5, 0.6) is 0 Å². The molecule has 0 aliphatic heterocycles. The van der Waals surface area contributed by atoms with Gasteiger partial charge in [-0.1, -0.05) is 60.2 Å². The molecule has 0 spiro atoms. The van der Waals surface area contributed by atoms with Crippen LogP contribution in [0, 0.1) is 19.7 Å². The fourth-order valence-corrected chi connectivity index (χ4v) is 5.78. The Morgan fingerprint density at radius 1 is 0.844 bits per heavy atom.